The molecule has 2 N–H and O–H groups in total. The minimum absolute atomic E-state index is 0.116. The van der Waals surface area contributed by atoms with Gasteiger partial charge in [-0.2, -0.15) is 0 Å². The van der Waals surface area contributed by atoms with Gasteiger partial charge in [-0.1, -0.05) is 19.3 Å². The summed E-state index contributed by atoms with van der Waals surface area (Å²) in [6.45, 7) is -0.125. The second-order valence-corrected chi connectivity index (χ2v) is 5.02. The molecule has 0 bridgehead atoms. The van der Waals surface area contributed by atoms with Gasteiger partial charge in [0.15, 0.2) is 0 Å². The van der Waals surface area contributed by atoms with Crippen LogP contribution in [0.3, 0.4) is 0 Å². The van der Waals surface area contributed by atoms with Crippen LogP contribution in [0.5, 0.6) is 5.75 Å². The maximum Gasteiger partial charge on any atom is 0.134 e. The van der Waals surface area contributed by atoms with Crippen LogP contribution in [0.2, 0.25) is 0 Å². The average molecular weight is 238 g/mol. The van der Waals surface area contributed by atoms with Crippen molar-refractivity contribution in [2.45, 2.75) is 49.5 Å². The Balaban J connectivity index is 2.29. The van der Waals surface area contributed by atoms with Gasteiger partial charge in [-0.05, 0) is 36.5 Å². The number of hydrogen-bond acceptors (Lipinski definition) is 3. The molecule has 1 saturated carbocycles. The smallest absolute Gasteiger partial charge is 0.134 e. The Labute approximate surface area is 102 Å². The van der Waals surface area contributed by atoms with Gasteiger partial charge in [-0.15, -0.1) is 12.6 Å². The van der Waals surface area contributed by atoms with Gasteiger partial charge in [0.25, 0.3) is 0 Å². The Morgan fingerprint density at radius 3 is 2.50 bits per heavy atom. The molecule has 88 valence electrons. The third-order valence-electron chi connectivity index (χ3n) is 3.44. The van der Waals surface area contributed by atoms with Crippen LogP contribution < -0.4 is 0 Å². The SMILES string of the molecule is OCc1cc(C2CCCCC2)cc(S)c1O. The fraction of sp³-hybridized carbons (Fsp3) is 0.538. The number of hydrogen-bond donors (Lipinski definition) is 3. The van der Waals surface area contributed by atoms with Crippen LogP contribution in [0, 0.1) is 0 Å². The molecular weight excluding hydrogens is 220 g/mol. The highest BCUT2D eigenvalue weighted by molar-refractivity contribution is 7.80. The van der Waals surface area contributed by atoms with Crippen molar-refractivity contribution in [1.29, 1.82) is 0 Å². The van der Waals surface area contributed by atoms with Crippen molar-refractivity contribution in [1.82, 2.24) is 0 Å². The van der Waals surface area contributed by atoms with E-state index in [4.69, 9.17) is 0 Å². The predicted molar refractivity (Wildman–Crippen MR) is 67.1 cm³/mol. The molecule has 0 unspecified atom stereocenters. The molecule has 1 aromatic carbocycles. The van der Waals surface area contributed by atoms with Gasteiger partial charge >= 0.3 is 0 Å². The highest BCUT2D eigenvalue weighted by Gasteiger charge is 2.17. The van der Waals surface area contributed by atoms with E-state index in [1.54, 1.807) is 0 Å². The van der Waals surface area contributed by atoms with Crippen molar-refractivity contribution in [2.75, 3.05) is 0 Å². The molecule has 0 aromatic heterocycles. The summed E-state index contributed by atoms with van der Waals surface area (Å²) in [7, 11) is 0. The zero-order valence-electron chi connectivity index (χ0n) is 9.32. The molecule has 2 rings (SSSR count). The molecule has 0 saturated heterocycles. The quantitative estimate of drug-likeness (QED) is 0.692. The molecule has 1 aliphatic rings. The van der Waals surface area contributed by atoms with Gasteiger partial charge in [-0.3, -0.25) is 0 Å². The van der Waals surface area contributed by atoms with E-state index >= 15 is 0 Å². The largest absolute Gasteiger partial charge is 0.506 e. The number of benzene rings is 1. The monoisotopic (exact) mass is 238 g/mol. The van der Waals surface area contributed by atoms with Crippen molar-refractivity contribution in [3.05, 3.63) is 23.3 Å². The summed E-state index contributed by atoms with van der Waals surface area (Å²) in [4.78, 5) is 0.576. The molecule has 0 heterocycles. The maximum absolute atomic E-state index is 9.68. The number of aliphatic hydroxyl groups is 1. The number of rotatable bonds is 2. The molecule has 3 heteroatoms. The highest BCUT2D eigenvalue weighted by atomic mass is 32.1. The summed E-state index contributed by atoms with van der Waals surface area (Å²) < 4.78 is 0. The second kappa shape index (κ2) is 5.11. The Morgan fingerprint density at radius 1 is 1.19 bits per heavy atom. The lowest BCUT2D eigenvalue weighted by molar-refractivity contribution is 0.274. The Kier molecular flexibility index (Phi) is 3.77. The third kappa shape index (κ3) is 2.36. The van der Waals surface area contributed by atoms with Gasteiger partial charge in [0.1, 0.15) is 5.75 Å². The number of aliphatic hydroxyl groups excluding tert-OH is 1. The van der Waals surface area contributed by atoms with Gasteiger partial charge in [0.2, 0.25) is 0 Å². The molecular formula is C13H18O2S. The lowest BCUT2D eigenvalue weighted by atomic mass is 9.83. The molecule has 1 aromatic rings. The molecule has 0 amide bonds. The average Bonchev–Trinajstić information content (AvgIpc) is 2.33. The zero-order valence-corrected chi connectivity index (χ0v) is 10.2. The van der Waals surface area contributed by atoms with E-state index in [2.05, 4.69) is 12.6 Å². The first-order valence-electron chi connectivity index (χ1n) is 5.88. The van der Waals surface area contributed by atoms with Gasteiger partial charge in [-0.25, -0.2) is 0 Å². The molecule has 0 aliphatic heterocycles. The highest BCUT2D eigenvalue weighted by Crippen LogP contribution is 2.37. The Bertz CT molecular complexity index is 370. The van der Waals surface area contributed by atoms with Crippen molar-refractivity contribution < 1.29 is 10.2 Å². The van der Waals surface area contributed by atoms with Crippen molar-refractivity contribution in [3.63, 3.8) is 0 Å². The van der Waals surface area contributed by atoms with Crippen molar-refractivity contribution in [3.8, 4) is 5.75 Å². The van der Waals surface area contributed by atoms with E-state index < -0.39 is 0 Å². The van der Waals surface area contributed by atoms with E-state index in [9.17, 15) is 10.2 Å². The first kappa shape index (κ1) is 11.8. The van der Waals surface area contributed by atoms with Gasteiger partial charge in [0, 0.05) is 10.5 Å². The van der Waals surface area contributed by atoms with Gasteiger partial charge in [0.05, 0.1) is 6.61 Å². The summed E-state index contributed by atoms with van der Waals surface area (Å²) in [5, 5.41) is 18.9. The minimum atomic E-state index is -0.125. The number of aromatic hydroxyl groups is 1. The van der Waals surface area contributed by atoms with Crippen molar-refractivity contribution in [2.24, 2.45) is 0 Å². The van der Waals surface area contributed by atoms with Crippen LogP contribution in [0.25, 0.3) is 0 Å². The molecule has 0 radical (unpaired) electrons. The van der Waals surface area contributed by atoms with E-state index in [1.165, 1.54) is 37.7 Å². The summed E-state index contributed by atoms with van der Waals surface area (Å²) in [5.41, 5.74) is 1.81. The van der Waals surface area contributed by atoms with Crippen LogP contribution >= 0.6 is 12.6 Å². The third-order valence-corrected chi connectivity index (χ3v) is 3.78. The van der Waals surface area contributed by atoms with E-state index in [-0.39, 0.29) is 12.4 Å². The van der Waals surface area contributed by atoms with Crippen LogP contribution in [-0.4, -0.2) is 10.2 Å². The van der Waals surface area contributed by atoms with Gasteiger partial charge < -0.3 is 10.2 Å². The summed E-state index contributed by atoms with van der Waals surface area (Å²) in [5.74, 6) is 0.691. The maximum atomic E-state index is 9.68. The van der Waals surface area contributed by atoms with Crippen molar-refractivity contribution >= 4 is 12.6 Å². The molecule has 0 spiro atoms. The van der Waals surface area contributed by atoms with E-state index in [1.807, 2.05) is 12.1 Å². The van der Waals surface area contributed by atoms with E-state index in [0.717, 1.165) is 0 Å². The van der Waals surface area contributed by atoms with Crippen LogP contribution in [-0.2, 0) is 6.61 Å². The molecule has 16 heavy (non-hydrogen) atoms. The molecule has 1 aliphatic carbocycles. The fourth-order valence-corrected chi connectivity index (χ4v) is 2.79. The molecule has 1 fully saturated rings. The summed E-state index contributed by atoms with van der Waals surface area (Å²) in [6.07, 6.45) is 6.31. The first-order valence-corrected chi connectivity index (χ1v) is 6.32. The van der Waals surface area contributed by atoms with E-state index in [0.29, 0.717) is 16.4 Å². The zero-order chi connectivity index (χ0) is 11.5. The Morgan fingerprint density at radius 2 is 1.88 bits per heavy atom. The van der Waals surface area contributed by atoms with Crippen LogP contribution in [0.15, 0.2) is 17.0 Å². The van der Waals surface area contributed by atoms with Crippen LogP contribution in [0.4, 0.5) is 0 Å². The standard InChI is InChI=1S/C13H18O2S/c14-8-11-6-10(7-12(16)13(11)15)9-4-2-1-3-5-9/h6-7,9,14-16H,1-5,8H2. The lowest BCUT2D eigenvalue weighted by Crippen LogP contribution is -2.05. The number of phenols is 1. The van der Waals surface area contributed by atoms with Crippen LogP contribution in [0.1, 0.15) is 49.1 Å². The second-order valence-electron chi connectivity index (χ2n) is 4.54. The Hall–Kier alpha value is -0.670. The molecule has 0 atom stereocenters. The summed E-state index contributed by atoms with van der Waals surface area (Å²) in [6, 6.07) is 3.86. The number of thiol groups is 1. The first-order chi connectivity index (χ1) is 7.72. The normalized spacial score (nSPS) is 17.6. The minimum Gasteiger partial charge on any atom is -0.506 e. The predicted octanol–water partition coefficient (Wildman–Crippen LogP) is 3.22. The fourth-order valence-electron chi connectivity index (χ4n) is 2.49. The lowest BCUT2D eigenvalue weighted by Gasteiger charge is -2.23. The molecule has 2 nitrogen and oxygen atoms in total. The topological polar surface area (TPSA) is 40.5 Å². The summed E-state index contributed by atoms with van der Waals surface area (Å²) >= 11 is 4.25.